The summed E-state index contributed by atoms with van der Waals surface area (Å²) in [5.74, 6) is 1.25. The second-order valence-electron chi connectivity index (χ2n) is 6.62. The molecule has 6 heteroatoms. The first-order chi connectivity index (χ1) is 12.0. The van der Waals surface area contributed by atoms with Gasteiger partial charge in [-0.2, -0.15) is 0 Å². The molecule has 0 radical (unpaired) electrons. The van der Waals surface area contributed by atoms with Gasteiger partial charge in [0, 0.05) is 25.9 Å². The van der Waals surface area contributed by atoms with Gasteiger partial charge < -0.3 is 15.2 Å². The number of amides is 2. The van der Waals surface area contributed by atoms with Crippen molar-refractivity contribution in [3.8, 4) is 0 Å². The first kappa shape index (κ1) is 17.2. The molecule has 0 saturated carbocycles. The van der Waals surface area contributed by atoms with Gasteiger partial charge in [0.1, 0.15) is 5.82 Å². The van der Waals surface area contributed by atoms with Crippen molar-refractivity contribution in [1.82, 2.24) is 20.2 Å². The number of rotatable bonds is 5. The fraction of sp³-hybridized carbons (Fsp3) is 0.421. The van der Waals surface area contributed by atoms with Crippen LogP contribution >= 0.6 is 0 Å². The molecule has 0 bridgehead atoms. The van der Waals surface area contributed by atoms with E-state index < -0.39 is 0 Å². The SMILES string of the molecule is CC(=O)N1CC[C@H](c2ncc(CNC(=O)Cc3ccccc3C)[nH]2)C1. The van der Waals surface area contributed by atoms with E-state index in [2.05, 4.69) is 15.3 Å². The van der Waals surface area contributed by atoms with Crippen molar-refractivity contribution < 1.29 is 9.59 Å². The van der Waals surface area contributed by atoms with Gasteiger partial charge >= 0.3 is 0 Å². The molecule has 0 aliphatic carbocycles. The van der Waals surface area contributed by atoms with E-state index in [0.717, 1.165) is 35.6 Å². The molecule has 1 saturated heterocycles. The van der Waals surface area contributed by atoms with Crippen LogP contribution in [0.2, 0.25) is 0 Å². The Morgan fingerprint density at radius 3 is 2.88 bits per heavy atom. The van der Waals surface area contributed by atoms with E-state index in [4.69, 9.17) is 0 Å². The van der Waals surface area contributed by atoms with E-state index in [1.165, 1.54) is 0 Å². The van der Waals surface area contributed by atoms with Gasteiger partial charge in [0.2, 0.25) is 11.8 Å². The largest absolute Gasteiger partial charge is 0.350 e. The van der Waals surface area contributed by atoms with Crippen molar-refractivity contribution in [2.45, 2.75) is 39.2 Å². The molecule has 2 heterocycles. The van der Waals surface area contributed by atoms with Crippen LogP contribution in [0, 0.1) is 6.92 Å². The number of benzene rings is 1. The normalized spacial score (nSPS) is 16.9. The van der Waals surface area contributed by atoms with Crippen LogP contribution in [0.25, 0.3) is 0 Å². The number of H-pyrrole nitrogens is 1. The third-order valence-corrected chi connectivity index (χ3v) is 4.76. The van der Waals surface area contributed by atoms with Gasteiger partial charge in [-0.05, 0) is 24.5 Å². The van der Waals surface area contributed by atoms with Gasteiger partial charge in [0.05, 0.1) is 24.9 Å². The van der Waals surface area contributed by atoms with E-state index in [1.54, 1.807) is 13.1 Å². The minimum absolute atomic E-state index is 0.00549. The van der Waals surface area contributed by atoms with Crippen LogP contribution in [0.5, 0.6) is 0 Å². The van der Waals surface area contributed by atoms with E-state index >= 15 is 0 Å². The zero-order chi connectivity index (χ0) is 17.8. The summed E-state index contributed by atoms with van der Waals surface area (Å²) in [4.78, 5) is 33.1. The van der Waals surface area contributed by atoms with Crippen LogP contribution in [0.1, 0.15) is 41.9 Å². The molecule has 2 amide bonds. The lowest BCUT2D eigenvalue weighted by atomic mass is 10.1. The summed E-state index contributed by atoms with van der Waals surface area (Å²) in [5.41, 5.74) is 3.05. The van der Waals surface area contributed by atoms with Crippen LogP contribution in [0.4, 0.5) is 0 Å². The minimum Gasteiger partial charge on any atom is -0.350 e. The van der Waals surface area contributed by atoms with Crippen molar-refractivity contribution in [3.05, 3.63) is 53.1 Å². The van der Waals surface area contributed by atoms with Crippen LogP contribution < -0.4 is 5.32 Å². The molecule has 1 fully saturated rings. The number of aromatic amines is 1. The Bertz CT molecular complexity index is 768. The first-order valence-corrected chi connectivity index (χ1v) is 8.63. The fourth-order valence-corrected chi connectivity index (χ4v) is 3.18. The summed E-state index contributed by atoms with van der Waals surface area (Å²) < 4.78 is 0. The van der Waals surface area contributed by atoms with Gasteiger partial charge in [-0.3, -0.25) is 9.59 Å². The summed E-state index contributed by atoms with van der Waals surface area (Å²) in [6, 6.07) is 7.90. The van der Waals surface area contributed by atoms with Crippen LogP contribution in [0.3, 0.4) is 0 Å². The summed E-state index contributed by atoms with van der Waals surface area (Å²) in [6.45, 7) is 5.53. The Labute approximate surface area is 147 Å². The van der Waals surface area contributed by atoms with E-state index in [-0.39, 0.29) is 17.7 Å². The van der Waals surface area contributed by atoms with Crippen molar-refractivity contribution in [3.63, 3.8) is 0 Å². The molecular formula is C19H24N4O2. The standard InChI is InChI=1S/C19H24N4O2/c1-13-5-3-4-6-15(13)9-18(25)20-10-17-11-21-19(22-17)16-7-8-23(12-16)14(2)24/h3-6,11,16H,7-10,12H2,1-2H3,(H,20,25)(H,21,22)/t16-/m0/s1. The highest BCUT2D eigenvalue weighted by atomic mass is 16.2. The molecule has 25 heavy (non-hydrogen) atoms. The van der Waals surface area contributed by atoms with Crippen LogP contribution in [-0.2, 0) is 22.6 Å². The first-order valence-electron chi connectivity index (χ1n) is 8.63. The summed E-state index contributed by atoms with van der Waals surface area (Å²) in [6.07, 6.45) is 3.07. The second kappa shape index (κ2) is 7.51. The molecule has 1 aliphatic rings. The Morgan fingerprint density at radius 1 is 1.36 bits per heavy atom. The van der Waals surface area contributed by atoms with E-state index in [9.17, 15) is 9.59 Å². The smallest absolute Gasteiger partial charge is 0.224 e. The van der Waals surface area contributed by atoms with Gasteiger partial charge in [0.25, 0.3) is 0 Å². The Morgan fingerprint density at radius 2 is 2.16 bits per heavy atom. The topological polar surface area (TPSA) is 78.1 Å². The van der Waals surface area contributed by atoms with Crippen molar-refractivity contribution in [2.75, 3.05) is 13.1 Å². The van der Waals surface area contributed by atoms with Crippen molar-refractivity contribution in [2.24, 2.45) is 0 Å². The zero-order valence-corrected chi connectivity index (χ0v) is 14.7. The maximum Gasteiger partial charge on any atom is 0.224 e. The number of nitrogens with zero attached hydrogens (tertiary/aromatic N) is 2. The van der Waals surface area contributed by atoms with E-state index in [1.807, 2.05) is 36.1 Å². The molecule has 1 aromatic carbocycles. The molecule has 1 atom stereocenters. The summed E-state index contributed by atoms with van der Waals surface area (Å²) in [5, 5.41) is 2.93. The Hall–Kier alpha value is -2.63. The van der Waals surface area contributed by atoms with Gasteiger partial charge in [-0.1, -0.05) is 24.3 Å². The monoisotopic (exact) mass is 340 g/mol. The average molecular weight is 340 g/mol. The Kier molecular flexibility index (Phi) is 5.16. The van der Waals surface area contributed by atoms with Crippen LogP contribution in [-0.4, -0.2) is 39.8 Å². The highest BCUT2D eigenvalue weighted by molar-refractivity contribution is 5.78. The molecule has 2 N–H and O–H groups in total. The predicted molar refractivity (Wildman–Crippen MR) is 94.9 cm³/mol. The molecule has 2 aromatic rings. The number of nitrogens with one attached hydrogen (secondary N) is 2. The number of carbonyl (C=O) groups excluding carboxylic acids is 2. The number of aryl methyl sites for hydroxylation is 1. The second-order valence-corrected chi connectivity index (χ2v) is 6.62. The Balaban J connectivity index is 1.51. The third-order valence-electron chi connectivity index (χ3n) is 4.76. The number of likely N-dealkylation sites (tertiary alicyclic amines) is 1. The molecule has 132 valence electrons. The zero-order valence-electron chi connectivity index (χ0n) is 14.7. The lowest BCUT2D eigenvalue weighted by Crippen LogP contribution is -2.25. The molecule has 0 unspecified atom stereocenters. The molecule has 6 nitrogen and oxygen atoms in total. The quantitative estimate of drug-likeness (QED) is 0.873. The average Bonchev–Trinajstić information content (AvgIpc) is 3.24. The highest BCUT2D eigenvalue weighted by Gasteiger charge is 2.27. The molecule has 1 aliphatic heterocycles. The summed E-state index contributed by atoms with van der Waals surface area (Å²) in [7, 11) is 0. The van der Waals surface area contributed by atoms with Crippen molar-refractivity contribution >= 4 is 11.8 Å². The van der Waals surface area contributed by atoms with Gasteiger partial charge in [0.15, 0.2) is 0 Å². The number of carbonyl (C=O) groups is 2. The maximum absolute atomic E-state index is 12.1. The number of imidazole rings is 1. The maximum atomic E-state index is 12.1. The predicted octanol–water partition coefficient (Wildman–Crippen LogP) is 1.91. The van der Waals surface area contributed by atoms with Crippen LogP contribution in [0.15, 0.2) is 30.5 Å². The van der Waals surface area contributed by atoms with Gasteiger partial charge in [-0.15, -0.1) is 0 Å². The molecule has 1 aromatic heterocycles. The number of hydrogen-bond donors (Lipinski definition) is 2. The van der Waals surface area contributed by atoms with Gasteiger partial charge in [-0.25, -0.2) is 4.98 Å². The lowest BCUT2D eigenvalue weighted by molar-refractivity contribution is -0.127. The minimum atomic E-state index is -0.00549. The van der Waals surface area contributed by atoms with Crippen molar-refractivity contribution in [1.29, 1.82) is 0 Å². The fourth-order valence-electron chi connectivity index (χ4n) is 3.18. The molecular weight excluding hydrogens is 316 g/mol. The van der Waals surface area contributed by atoms with E-state index in [0.29, 0.717) is 19.5 Å². The number of aromatic nitrogens is 2. The number of hydrogen-bond acceptors (Lipinski definition) is 3. The third kappa shape index (κ3) is 4.26. The highest BCUT2D eigenvalue weighted by Crippen LogP contribution is 2.24. The summed E-state index contributed by atoms with van der Waals surface area (Å²) >= 11 is 0. The molecule has 0 spiro atoms. The molecule has 3 rings (SSSR count). The lowest BCUT2D eigenvalue weighted by Gasteiger charge is -2.12.